The Balaban J connectivity index is 1.35. The van der Waals surface area contributed by atoms with Crippen LogP contribution in [0.1, 0.15) is 88.2 Å². The molecule has 0 amide bonds. The van der Waals surface area contributed by atoms with Crippen molar-refractivity contribution in [2.24, 2.45) is 17.8 Å². The Hall–Kier alpha value is -1.34. The minimum Gasteiger partial charge on any atom is -0.373 e. The van der Waals surface area contributed by atoms with Crippen molar-refractivity contribution in [3.63, 3.8) is 0 Å². The molecule has 0 unspecified atom stereocenters. The molecule has 2 aliphatic rings. The molecule has 1 aromatic rings. The van der Waals surface area contributed by atoms with Crippen molar-refractivity contribution in [3.05, 3.63) is 60.2 Å². The third-order valence-electron chi connectivity index (χ3n) is 7.14. The topological polar surface area (TPSA) is 9.23 Å². The zero-order chi connectivity index (χ0) is 19.6. The Morgan fingerprint density at radius 3 is 2.07 bits per heavy atom. The second kappa shape index (κ2) is 11.6. The molecule has 1 aromatic carbocycles. The van der Waals surface area contributed by atoms with Gasteiger partial charge in [-0.15, -0.1) is 6.58 Å². The molecule has 3 rings (SSSR count). The lowest BCUT2D eigenvalue weighted by molar-refractivity contribution is 0.149. The van der Waals surface area contributed by atoms with Crippen LogP contribution in [0.4, 0.5) is 0 Å². The molecule has 0 bridgehead atoms. The molecular formula is C27H40O. The first kappa shape index (κ1) is 21.4. The number of benzene rings is 1. The fraction of sp³-hybridized carbons (Fsp3) is 0.630. The number of hydrogen-bond donors (Lipinski definition) is 0. The molecule has 28 heavy (non-hydrogen) atoms. The summed E-state index contributed by atoms with van der Waals surface area (Å²) in [5, 5.41) is 0. The van der Waals surface area contributed by atoms with Crippen LogP contribution in [0.25, 0.3) is 0 Å². The molecule has 1 nitrogen and oxygen atoms in total. The maximum absolute atomic E-state index is 5.54. The molecule has 154 valence electrons. The highest BCUT2D eigenvalue weighted by molar-refractivity contribution is 5.25. The zero-order valence-corrected chi connectivity index (χ0v) is 18.0. The Bertz CT molecular complexity index is 583. The van der Waals surface area contributed by atoms with Gasteiger partial charge in [0.1, 0.15) is 0 Å². The summed E-state index contributed by atoms with van der Waals surface area (Å²) in [6.45, 7) is 7.18. The summed E-state index contributed by atoms with van der Waals surface area (Å²) in [4.78, 5) is 0. The first-order chi connectivity index (χ1) is 13.8. The van der Waals surface area contributed by atoms with Gasteiger partial charge in [-0.25, -0.2) is 0 Å². The summed E-state index contributed by atoms with van der Waals surface area (Å²) in [5.74, 6) is 3.64. The van der Waals surface area contributed by atoms with Gasteiger partial charge in [0, 0.05) is 0 Å². The fourth-order valence-electron chi connectivity index (χ4n) is 5.34. The summed E-state index contributed by atoms with van der Waals surface area (Å²) in [7, 11) is 0. The van der Waals surface area contributed by atoms with E-state index in [1.54, 1.807) is 0 Å². The first-order valence-electron chi connectivity index (χ1n) is 11.7. The van der Waals surface area contributed by atoms with Crippen LogP contribution in [0, 0.1) is 17.8 Å². The lowest BCUT2D eigenvalue weighted by Crippen LogP contribution is -2.17. The van der Waals surface area contributed by atoms with Gasteiger partial charge >= 0.3 is 0 Å². The monoisotopic (exact) mass is 380 g/mol. The van der Waals surface area contributed by atoms with E-state index in [2.05, 4.69) is 49.9 Å². The number of hydrogen-bond acceptors (Lipinski definition) is 1. The van der Waals surface area contributed by atoms with Gasteiger partial charge in [0.25, 0.3) is 0 Å². The van der Waals surface area contributed by atoms with E-state index in [0.29, 0.717) is 13.2 Å². The van der Waals surface area contributed by atoms with Crippen LogP contribution < -0.4 is 0 Å². The predicted molar refractivity (Wildman–Crippen MR) is 120 cm³/mol. The van der Waals surface area contributed by atoms with Crippen molar-refractivity contribution in [2.75, 3.05) is 6.61 Å². The third kappa shape index (κ3) is 6.62. The lowest BCUT2D eigenvalue weighted by atomic mass is 9.74. The Labute approximate surface area is 173 Å². The molecule has 0 saturated heterocycles. The summed E-state index contributed by atoms with van der Waals surface area (Å²) < 4.78 is 5.54. The molecule has 0 atom stereocenters. The molecule has 0 aromatic heterocycles. The van der Waals surface area contributed by atoms with Gasteiger partial charge < -0.3 is 4.74 Å². The largest absolute Gasteiger partial charge is 0.373 e. The molecule has 0 spiro atoms. The molecule has 0 N–H and O–H groups in total. The van der Waals surface area contributed by atoms with Gasteiger partial charge in [0.05, 0.1) is 13.2 Å². The molecule has 0 radical (unpaired) electrons. The van der Waals surface area contributed by atoms with Crippen LogP contribution in [0.15, 0.2) is 49.1 Å². The SMILES string of the molecule is C=CCOCc1ccc(C2CCC(CCC3CCC(/C=C/C)CC3)CC2)cc1. The summed E-state index contributed by atoms with van der Waals surface area (Å²) in [5.41, 5.74) is 2.80. The van der Waals surface area contributed by atoms with Gasteiger partial charge in [-0.05, 0) is 93.1 Å². The van der Waals surface area contributed by atoms with Gasteiger partial charge in [-0.3, -0.25) is 0 Å². The molecular weight excluding hydrogens is 340 g/mol. The van der Waals surface area contributed by atoms with Crippen LogP contribution in [0.3, 0.4) is 0 Å². The second-order valence-electron chi connectivity index (χ2n) is 9.15. The van der Waals surface area contributed by atoms with E-state index in [4.69, 9.17) is 4.74 Å². The Morgan fingerprint density at radius 2 is 1.50 bits per heavy atom. The predicted octanol–water partition coefficient (Wildman–Crippen LogP) is 7.83. The quantitative estimate of drug-likeness (QED) is 0.313. The van der Waals surface area contributed by atoms with Crippen LogP contribution in [-0.4, -0.2) is 6.61 Å². The molecule has 0 heterocycles. The van der Waals surface area contributed by atoms with E-state index in [1.807, 2.05) is 6.08 Å². The highest BCUT2D eigenvalue weighted by Gasteiger charge is 2.24. The molecule has 1 heteroatoms. The minimum absolute atomic E-state index is 0.628. The third-order valence-corrected chi connectivity index (χ3v) is 7.14. The number of rotatable bonds is 9. The van der Waals surface area contributed by atoms with Crippen molar-refractivity contribution in [1.29, 1.82) is 0 Å². The molecule has 2 fully saturated rings. The maximum atomic E-state index is 5.54. The fourth-order valence-corrected chi connectivity index (χ4v) is 5.34. The van der Waals surface area contributed by atoms with Gasteiger partial charge in [0.2, 0.25) is 0 Å². The summed E-state index contributed by atoms with van der Waals surface area (Å²) in [6, 6.07) is 9.16. The molecule has 2 saturated carbocycles. The minimum atomic E-state index is 0.628. The van der Waals surface area contributed by atoms with E-state index in [1.165, 1.54) is 75.3 Å². The van der Waals surface area contributed by atoms with E-state index < -0.39 is 0 Å². The van der Waals surface area contributed by atoms with Crippen molar-refractivity contribution in [2.45, 2.75) is 83.7 Å². The van der Waals surface area contributed by atoms with E-state index >= 15 is 0 Å². The highest BCUT2D eigenvalue weighted by atomic mass is 16.5. The van der Waals surface area contributed by atoms with Crippen LogP contribution in [0.5, 0.6) is 0 Å². The molecule has 0 aliphatic heterocycles. The zero-order valence-electron chi connectivity index (χ0n) is 18.0. The standard InChI is InChI=1S/C27H40O/c1-3-5-22-6-8-23(9-7-22)10-11-24-12-16-26(17-13-24)27-18-14-25(15-19-27)21-28-20-4-2/h3-5,14-15,18-19,22-24,26H,2,6-13,16-17,20-21H2,1H3/b5-3+. The van der Waals surface area contributed by atoms with E-state index in [9.17, 15) is 0 Å². The van der Waals surface area contributed by atoms with Gasteiger partial charge in [-0.1, -0.05) is 55.3 Å². The Kier molecular flexibility index (Phi) is 8.86. The smallest absolute Gasteiger partial charge is 0.0721 e. The van der Waals surface area contributed by atoms with Crippen molar-refractivity contribution in [3.8, 4) is 0 Å². The van der Waals surface area contributed by atoms with E-state index in [0.717, 1.165) is 23.7 Å². The summed E-state index contributed by atoms with van der Waals surface area (Å²) >= 11 is 0. The lowest BCUT2D eigenvalue weighted by Gasteiger charge is -2.31. The second-order valence-corrected chi connectivity index (χ2v) is 9.15. The van der Waals surface area contributed by atoms with Gasteiger partial charge in [0.15, 0.2) is 0 Å². The van der Waals surface area contributed by atoms with E-state index in [-0.39, 0.29) is 0 Å². The average molecular weight is 381 g/mol. The average Bonchev–Trinajstić information content (AvgIpc) is 2.75. The van der Waals surface area contributed by atoms with Crippen LogP contribution >= 0.6 is 0 Å². The normalized spacial score (nSPS) is 28.5. The van der Waals surface area contributed by atoms with Crippen molar-refractivity contribution < 1.29 is 4.74 Å². The molecule has 2 aliphatic carbocycles. The van der Waals surface area contributed by atoms with Crippen molar-refractivity contribution >= 4 is 0 Å². The highest BCUT2D eigenvalue weighted by Crippen LogP contribution is 2.40. The maximum Gasteiger partial charge on any atom is 0.0721 e. The van der Waals surface area contributed by atoms with Crippen molar-refractivity contribution in [1.82, 2.24) is 0 Å². The Morgan fingerprint density at radius 1 is 0.893 bits per heavy atom. The first-order valence-corrected chi connectivity index (χ1v) is 11.7. The summed E-state index contributed by atoms with van der Waals surface area (Å²) in [6.07, 6.45) is 20.9. The van der Waals surface area contributed by atoms with Gasteiger partial charge in [-0.2, -0.15) is 0 Å². The van der Waals surface area contributed by atoms with Crippen LogP contribution in [0.2, 0.25) is 0 Å². The number of allylic oxidation sites excluding steroid dienone is 2. The number of ether oxygens (including phenoxy) is 1. The van der Waals surface area contributed by atoms with Crippen LogP contribution in [-0.2, 0) is 11.3 Å².